The minimum atomic E-state index is -0.934. The van der Waals surface area contributed by atoms with Crippen LogP contribution in [0.4, 0.5) is 5.69 Å². The minimum Gasteiger partial charge on any atom is -0.448 e. The van der Waals surface area contributed by atoms with Gasteiger partial charge in [-0.05, 0) is 30.9 Å². The molecular formula is C14H16Cl3N4O4+. The van der Waals surface area contributed by atoms with Gasteiger partial charge in [-0.1, -0.05) is 23.2 Å². The van der Waals surface area contributed by atoms with Crippen molar-refractivity contribution in [2.75, 3.05) is 18.9 Å². The van der Waals surface area contributed by atoms with Crippen LogP contribution in [0.5, 0.6) is 0 Å². The van der Waals surface area contributed by atoms with Crippen LogP contribution in [-0.2, 0) is 14.3 Å². The number of aromatic amines is 1. The number of likely N-dealkylation sites (tertiary alicyclic amines) is 1. The molecule has 2 heterocycles. The second-order valence-corrected chi connectivity index (χ2v) is 6.57. The maximum Gasteiger partial charge on any atom is 0.405 e. The van der Waals surface area contributed by atoms with Crippen LogP contribution in [0.2, 0.25) is 15.2 Å². The van der Waals surface area contributed by atoms with Crippen LogP contribution in [0.25, 0.3) is 0 Å². The van der Waals surface area contributed by atoms with Crippen LogP contribution in [0.1, 0.15) is 29.8 Å². The number of rotatable bonds is 4. The number of nitrogens with two attached hydrogens (primary N) is 2. The van der Waals surface area contributed by atoms with Gasteiger partial charge in [0.1, 0.15) is 16.1 Å². The zero-order valence-corrected chi connectivity index (χ0v) is 15.2. The molecule has 2 rings (SSSR count). The number of aromatic nitrogens is 1. The Kier molecular flexibility index (Phi) is 6.31. The van der Waals surface area contributed by atoms with Gasteiger partial charge in [-0.25, -0.2) is 4.79 Å². The lowest BCUT2D eigenvalue weighted by Gasteiger charge is -2.33. The number of primary amides is 1. The summed E-state index contributed by atoms with van der Waals surface area (Å²) in [5.74, 6) is -2.05. The Bertz CT molecular complexity index is 729. The highest BCUT2D eigenvalue weighted by Crippen LogP contribution is 2.32. The molecule has 2 amide bonds. The number of carbonyl (C=O) groups excluding carboxylic acids is 3. The number of nitrogens with zero attached hydrogens (tertiary/aromatic N) is 1. The molecule has 1 aromatic rings. The summed E-state index contributed by atoms with van der Waals surface area (Å²) >= 11 is 17.6. The largest absolute Gasteiger partial charge is 0.448 e. The van der Waals surface area contributed by atoms with E-state index in [-0.39, 0.29) is 26.6 Å². The lowest BCUT2D eigenvalue weighted by Crippen LogP contribution is -2.51. The molecule has 11 heteroatoms. The Morgan fingerprint density at radius 2 is 1.88 bits per heavy atom. The van der Waals surface area contributed by atoms with Crippen molar-refractivity contribution in [3.05, 3.63) is 20.9 Å². The Hall–Kier alpha value is -1.77. The standard InChI is InChI=1S/C14H15Cl3N4O4/c15-8-10(18)9(16)12(17)20-11(8)14(24)25-5-7(22)21-4-2-1-3-6(21)13(19)23/h6H,1-5H2,(H2,18,20)(H2,19,23)/p+1/t6-/m0/s1. The molecule has 1 aromatic heterocycles. The van der Waals surface area contributed by atoms with Crippen LogP contribution in [0.3, 0.4) is 0 Å². The highest BCUT2D eigenvalue weighted by Gasteiger charge is 2.32. The molecule has 0 radical (unpaired) electrons. The van der Waals surface area contributed by atoms with Gasteiger partial charge in [-0.3, -0.25) is 9.59 Å². The van der Waals surface area contributed by atoms with Crippen LogP contribution >= 0.6 is 34.8 Å². The van der Waals surface area contributed by atoms with Crippen molar-refractivity contribution in [3.8, 4) is 0 Å². The van der Waals surface area contributed by atoms with E-state index in [9.17, 15) is 14.4 Å². The van der Waals surface area contributed by atoms with E-state index in [2.05, 4.69) is 4.98 Å². The SMILES string of the molecule is NC(=O)[C@@H]1CCCCN1C(=O)COC(=O)c1[nH+]c(Cl)c(Cl)c(N)c1Cl. The highest BCUT2D eigenvalue weighted by molar-refractivity contribution is 6.45. The fourth-order valence-electron chi connectivity index (χ4n) is 2.52. The van der Waals surface area contributed by atoms with Crippen molar-refractivity contribution in [1.29, 1.82) is 0 Å². The molecule has 0 unspecified atom stereocenters. The summed E-state index contributed by atoms with van der Waals surface area (Å²) in [7, 11) is 0. The van der Waals surface area contributed by atoms with Gasteiger partial charge in [0.2, 0.25) is 5.91 Å². The van der Waals surface area contributed by atoms with Crippen LogP contribution < -0.4 is 16.5 Å². The third-order valence-corrected chi connectivity index (χ3v) is 4.97. The third-order valence-electron chi connectivity index (χ3n) is 3.80. The number of hydrogen-bond donors (Lipinski definition) is 2. The molecule has 0 saturated carbocycles. The average Bonchev–Trinajstić information content (AvgIpc) is 2.60. The molecule has 5 N–H and O–H groups in total. The summed E-state index contributed by atoms with van der Waals surface area (Å²) in [4.78, 5) is 39.6. The highest BCUT2D eigenvalue weighted by atomic mass is 35.5. The Balaban J connectivity index is 2.07. The number of amides is 2. The number of ether oxygens (including phenoxy) is 1. The molecule has 0 spiro atoms. The number of pyridine rings is 1. The molecule has 1 aliphatic heterocycles. The van der Waals surface area contributed by atoms with Crippen molar-refractivity contribution in [2.45, 2.75) is 25.3 Å². The summed E-state index contributed by atoms with van der Waals surface area (Å²) in [6.07, 6.45) is 2.02. The van der Waals surface area contributed by atoms with E-state index in [4.69, 9.17) is 51.0 Å². The number of anilines is 1. The third kappa shape index (κ3) is 4.26. The maximum absolute atomic E-state index is 12.2. The second-order valence-electron chi connectivity index (χ2n) is 5.43. The summed E-state index contributed by atoms with van der Waals surface area (Å²) in [6.45, 7) is -0.205. The summed E-state index contributed by atoms with van der Waals surface area (Å²) in [5, 5.41) is -0.289. The molecule has 0 aromatic carbocycles. The maximum atomic E-state index is 12.2. The summed E-state index contributed by atoms with van der Waals surface area (Å²) in [5.41, 5.74) is 10.6. The van der Waals surface area contributed by atoms with Crippen molar-refractivity contribution >= 4 is 58.3 Å². The first-order valence-corrected chi connectivity index (χ1v) is 8.48. The van der Waals surface area contributed by atoms with Crippen LogP contribution in [0.15, 0.2) is 0 Å². The molecular weight excluding hydrogens is 395 g/mol. The van der Waals surface area contributed by atoms with Crippen molar-refractivity contribution in [1.82, 2.24) is 4.90 Å². The van der Waals surface area contributed by atoms with Crippen molar-refractivity contribution < 1.29 is 24.1 Å². The Labute approximate surface area is 158 Å². The van der Waals surface area contributed by atoms with E-state index in [1.54, 1.807) is 0 Å². The molecule has 1 atom stereocenters. The van der Waals surface area contributed by atoms with E-state index in [1.807, 2.05) is 0 Å². The molecule has 1 fully saturated rings. The molecule has 1 aliphatic rings. The van der Waals surface area contributed by atoms with Gasteiger partial charge in [0, 0.05) is 6.54 Å². The first-order chi connectivity index (χ1) is 11.7. The van der Waals surface area contributed by atoms with Crippen LogP contribution in [0, 0.1) is 0 Å². The van der Waals surface area contributed by atoms with Gasteiger partial charge in [-0.2, -0.15) is 4.98 Å². The zero-order valence-electron chi connectivity index (χ0n) is 13.0. The minimum absolute atomic E-state index is 0.0306. The average molecular weight is 411 g/mol. The monoisotopic (exact) mass is 409 g/mol. The molecule has 25 heavy (non-hydrogen) atoms. The fraction of sp³-hybridized carbons (Fsp3) is 0.429. The van der Waals surface area contributed by atoms with Crippen molar-refractivity contribution in [3.63, 3.8) is 0 Å². The van der Waals surface area contributed by atoms with E-state index in [0.29, 0.717) is 13.0 Å². The Morgan fingerprint density at radius 1 is 1.20 bits per heavy atom. The first kappa shape index (κ1) is 19.6. The lowest BCUT2D eigenvalue weighted by molar-refractivity contribution is -0.380. The number of carbonyl (C=O) groups is 3. The molecule has 1 saturated heterocycles. The molecule has 8 nitrogen and oxygen atoms in total. The zero-order chi connectivity index (χ0) is 18.7. The van der Waals surface area contributed by atoms with E-state index >= 15 is 0 Å². The number of esters is 1. The van der Waals surface area contributed by atoms with Gasteiger partial charge in [0.15, 0.2) is 6.61 Å². The van der Waals surface area contributed by atoms with Gasteiger partial charge in [0.25, 0.3) is 11.1 Å². The van der Waals surface area contributed by atoms with Gasteiger partial charge >= 0.3 is 11.7 Å². The van der Waals surface area contributed by atoms with Crippen molar-refractivity contribution in [2.24, 2.45) is 5.73 Å². The predicted octanol–water partition coefficient (Wildman–Crippen LogP) is 1.07. The predicted molar refractivity (Wildman–Crippen MR) is 91.3 cm³/mol. The van der Waals surface area contributed by atoms with Crippen LogP contribution in [-0.4, -0.2) is 41.9 Å². The Morgan fingerprint density at radius 3 is 2.52 bits per heavy atom. The second kappa shape index (κ2) is 8.07. The van der Waals surface area contributed by atoms with E-state index in [1.165, 1.54) is 4.90 Å². The summed E-state index contributed by atoms with van der Waals surface area (Å²) in [6, 6.07) is -0.698. The molecule has 0 bridgehead atoms. The quantitative estimate of drug-likeness (QED) is 0.566. The fourth-order valence-corrected chi connectivity index (χ4v) is 3.12. The first-order valence-electron chi connectivity index (χ1n) is 7.35. The lowest BCUT2D eigenvalue weighted by atomic mass is 10.0. The van der Waals surface area contributed by atoms with Gasteiger partial charge in [0.05, 0.1) is 5.69 Å². The van der Waals surface area contributed by atoms with E-state index < -0.39 is 30.4 Å². The number of hydrogen-bond acceptors (Lipinski definition) is 5. The van der Waals surface area contributed by atoms with E-state index in [0.717, 1.165) is 12.8 Å². The molecule has 136 valence electrons. The number of nitrogens with one attached hydrogen (secondary N) is 1. The molecule has 0 aliphatic carbocycles. The number of H-pyrrole nitrogens is 1. The smallest absolute Gasteiger partial charge is 0.405 e. The topological polar surface area (TPSA) is 130 Å². The number of piperidine rings is 1. The number of halogens is 3. The van der Waals surface area contributed by atoms with Gasteiger partial charge < -0.3 is 21.1 Å². The summed E-state index contributed by atoms with van der Waals surface area (Å²) < 4.78 is 4.95. The van der Waals surface area contributed by atoms with Gasteiger partial charge in [-0.15, -0.1) is 0 Å². The number of nitrogen functional groups attached to an aromatic ring is 1. The normalized spacial score (nSPS) is 17.2.